The van der Waals surface area contributed by atoms with Crippen molar-refractivity contribution in [2.45, 2.75) is 19.9 Å². The molecule has 1 atom stereocenters. The number of aromatic amines is 1. The monoisotopic (exact) mass is 363 g/mol. The van der Waals surface area contributed by atoms with E-state index in [1.54, 1.807) is 16.7 Å². The topological polar surface area (TPSA) is 60.1 Å². The third-order valence-electron chi connectivity index (χ3n) is 4.69. The lowest BCUT2D eigenvalue weighted by Gasteiger charge is -2.19. The number of aryl methyl sites for hydroxylation is 1. The number of hydrogen-bond acceptors (Lipinski definition) is 4. The van der Waals surface area contributed by atoms with Crippen LogP contribution in [-0.4, -0.2) is 17.6 Å². The molecule has 2 N–H and O–H groups in total. The highest BCUT2D eigenvalue weighted by molar-refractivity contribution is 5.53. The van der Waals surface area contributed by atoms with E-state index in [9.17, 15) is 4.79 Å². The number of hydrogen-bond donors (Lipinski definition) is 1. The van der Waals surface area contributed by atoms with Crippen LogP contribution in [0, 0.1) is 6.92 Å². The van der Waals surface area contributed by atoms with Crippen molar-refractivity contribution < 1.29 is 9.72 Å². The summed E-state index contributed by atoms with van der Waals surface area (Å²) in [6, 6.07) is 13.8. The molecule has 0 saturated heterocycles. The number of rotatable bonds is 4. The van der Waals surface area contributed by atoms with Crippen LogP contribution in [0.4, 0.5) is 11.5 Å². The third kappa shape index (κ3) is 3.51. The summed E-state index contributed by atoms with van der Waals surface area (Å²) in [7, 11) is 0. The lowest BCUT2D eigenvalue weighted by atomic mass is 10.1. The number of pyridine rings is 1. The standard InChI is InChI=1S/C21H22N4O2/c1-15-12-18(16(2)22-17-6-4-3-5-7-17)21-23-19(13-20(26)25(21)14-15)24-8-10-27-11-9-24/h3-8,10,12-14,16,22H,9,11H2,1-2H3/p+1/t16-/m1/s1. The smallest absolute Gasteiger partial charge is 0.317 e. The predicted octanol–water partition coefficient (Wildman–Crippen LogP) is 2.90. The number of nitrogens with one attached hydrogen (secondary N) is 2. The quantitative estimate of drug-likeness (QED) is 0.774. The largest absolute Gasteiger partial charge is 0.495 e. The Morgan fingerprint density at radius 1 is 1.22 bits per heavy atom. The normalized spacial score (nSPS) is 14.8. The maximum absolute atomic E-state index is 12.8. The Hall–Kier alpha value is -3.28. The van der Waals surface area contributed by atoms with Crippen LogP contribution in [0.25, 0.3) is 5.65 Å². The van der Waals surface area contributed by atoms with Gasteiger partial charge >= 0.3 is 5.56 Å². The number of nitrogens with zero attached hydrogens (tertiary/aromatic N) is 2. The van der Waals surface area contributed by atoms with Crippen molar-refractivity contribution in [1.82, 2.24) is 4.40 Å². The molecule has 3 aromatic rings. The molecular weight excluding hydrogens is 340 g/mol. The van der Waals surface area contributed by atoms with Gasteiger partial charge in [-0.15, -0.1) is 0 Å². The van der Waals surface area contributed by atoms with E-state index < -0.39 is 0 Å². The zero-order chi connectivity index (χ0) is 18.8. The minimum atomic E-state index is -0.0597. The zero-order valence-corrected chi connectivity index (χ0v) is 15.5. The maximum Gasteiger partial charge on any atom is 0.317 e. The highest BCUT2D eigenvalue weighted by Crippen LogP contribution is 2.22. The van der Waals surface area contributed by atoms with Crippen LogP contribution in [0.15, 0.2) is 65.9 Å². The SMILES string of the molecule is Cc1cc([C@@H](C)Nc2ccccc2)c2[nH+]c(N3C=COCC3)cc(=O)n2c1. The van der Waals surface area contributed by atoms with Crippen molar-refractivity contribution in [3.63, 3.8) is 0 Å². The van der Waals surface area contributed by atoms with Crippen molar-refractivity contribution >= 4 is 17.2 Å². The number of ether oxygens (including phenoxy) is 1. The molecule has 6 nitrogen and oxygen atoms in total. The van der Waals surface area contributed by atoms with Gasteiger partial charge in [-0.05, 0) is 37.6 Å². The van der Waals surface area contributed by atoms with E-state index in [4.69, 9.17) is 4.74 Å². The molecule has 0 bridgehead atoms. The van der Waals surface area contributed by atoms with E-state index in [1.807, 2.05) is 54.6 Å². The van der Waals surface area contributed by atoms with Gasteiger partial charge in [-0.25, -0.2) is 4.98 Å². The van der Waals surface area contributed by atoms with E-state index in [2.05, 4.69) is 23.3 Å². The molecule has 138 valence electrons. The summed E-state index contributed by atoms with van der Waals surface area (Å²) >= 11 is 0. The average molecular weight is 363 g/mol. The Labute approximate surface area is 157 Å². The Morgan fingerprint density at radius 2 is 2.04 bits per heavy atom. The summed E-state index contributed by atoms with van der Waals surface area (Å²) < 4.78 is 6.94. The zero-order valence-electron chi connectivity index (χ0n) is 15.5. The fourth-order valence-corrected chi connectivity index (χ4v) is 3.37. The second-order valence-corrected chi connectivity index (χ2v) is 6.77. The van der Waals surface area contributed by atoms with Crippen LogP contribution in [0.5, 0.6) is 0 Å². The fraction of sp³-hybridized carbons (Fsp3) is 0.238. The first kappa shape index (κ1) is 17.1. The molecule has 0 aliphatic carbocycles. The lowest BCUT2D eigenvalue weighted by molar-refractivity contribution is -0.336. The van der Waals surface area contributed by atoms with Crippen molar-refractivity contribution in [2.24, 2.45) is 0 Å². The van der Waals surface area contributed by atoms with Crippen molar-refractivity contribution in [2.75, 3.05) is 23.4 Å². The summed E-state index contributed by atoms with van der Waals surface area (Å²) in [5.41, 5.74) is 3.84. The number of fused-ring (bicyclic) bond motifs is 1. The Kier molecular flexibility index (Phi) is 4.54. The van der Waals surface area contributed by atoms with Gasteiger partial charge in [0.1, 0.15) is 19.4 Å². The van der Waals surface area contributed by atoms with Gasteiger partial charge in [0.25, 0.3) is 0 Å². The molecular formula is C21H23N4O2+. The fourth-order valence-electron chi connectivity index (χ4n) is 3.37. The van der Waals surface area contributed by atoms with Gasteiger partial charge in [-0.2, -0.15) is 4.40 Å². The predicted molar refractivity (Wildman–Crippen MR) is 106 cm³/mol. The minimum Gasteiger partial charge on any atom is -0.495 e. The molecule has 27 heavy (non-hydrogen) atoms. The summed E-state index contributed by atoms with van der Waals surface area (Å²) in [5, 5.41) is 3.51. The van der Waals surface area contributed by atoms with Gasteiger partial charge in [-0.3, -0.25) is 9.69 Å². The molecule has 1 aromatic carbocycles. The van der Waals surface area contributed by atoms with E-state index in [-0.39, 0.29) is 11.6 Å². The summed E-state index contributed by atoms with van der Waals surface area (Å²) in [6.07, 6.45) is 5.35. The van der Waals surface area contributed by atoms with Gasteiger partial charge < -0.3 is 10.1 Å². The van der Waals surface area contributed by atoms with Gasteiger partial charge in [0.05, 0.1) is 24.5 Å². The number of H-pyrrole nitrogens is 1. The number of benzene rings is 1. The highest BCUT2D eigenvalue weighted by atomic mass is 16.5. The van der Waals surface area contributed by atoms with Crippen LogP contribution in [0.3, 0.4) is 0 Å². The molecule has 4 rings (SSSR count). The van der Waals surface area contributed by atoms with Crippen LogP contribution < -0.4 is 20.8 Å². The highest BCUT2D eigenvalue weighted by Gasteiger charge is 2.21. The van der Waals surface area contributed by atoms with Gasteiger partial charge in [0.2, 0.25) is 11.5 Å². The molecule has 0 unspecified atom stereocenters. The first-order valence-electron chi connectivity index (χ1n) is 9.07. The number of para-hydroxylation sites is 1. The van der Waals surface area contributed by atoms with E-state index in [1.165, 1.54) is 0 Å². The summed E-state index contributed by atoms with van der Waals surface area (Å²) in [5.74, 6) is 0.761. The second-order valence-electron chi connectivity index (χ2n) is 6.77. The lowest BCUT2D eigenvalue weighted by Crippen LogP contribution is -2.34. The van der Waals surface area contributed by atoms with E-state index >= 15 is 0 Å². The summed E-state index contributed by atoms with van der Waals surface area (Å²) in [4.78, 5) is 18.2. The van der Waals surface area contributed by atoms with Crippen LogP contribution in [-0.2, 0) is 4.74 Å². The van der Waals surface area contributed by atoms with Crippen molar-refractivity contribution in [3.05, 3.63) is 82.6 Å². The van der Waals surface area contributed by atoms with Crippen molar-refractivity contribution in [1.29, 1.82) is 0 Å². The van der Waals surface area contributed by atoms with Crippen molar-refractivity contribution in [3.8, 4) is 0 Å². The Morgan fingerprint density at radius 3 is 2.78 bits per heavy atom. The molecule has 0 radical (unpaired) electrons. The number of aromatic nitrogens is 2. The molecule has 0 fully saturated rings. The second kappa shape index (κ2) is 7.15. The Balaban J connectivity index is 1.81. The molecule has 1 aliphatic rings. The van der Waals surface area contributed by atoms with E-state index in [0.717, 1.165) is 28.3 Å². The third-order valence-corrected chi connectivity index (χ3v) is 4.69. The minimum absolute atomic E-state index is 0.0217. The van der Waals surface area contributed by atoms with Gasteiger partial charge in [0, 0.05) is 11.3 Å². The van der Waals surface area contributed by atoms with E-state index in [0.29, 0.717) is 13.2 Å². The molecule has 6 heteroatoms. The Bertz CT molecular complexity index is 1040. The first-order valence-corrected chi connectivity index (χ1v) is 9.07. The molecule has 0 amide bonds. The molecule has 3 heterocycles. The molecule has 1 aliphatic heterocycles. The average Bonchev–Trinajstić information content (AvgIpc) is 2.69. The van der Waals surface area contributed by atoms with Gasteiger partial charge in [0.15, 0.2) is 0 Å². The van der Waals surface area contributed by atoms with Crippen LogP contribution in [0.2, 0.25) is 0 Å². The molecule has 0 saturated carbocycles. The molecule has 0 spiro atoms. The number of anilines is 2. The molecule has 2 aromatic heterocycles. The van der Waals surface area contributed by atoms with Crippen LogP contribution >= 0.6 is 0 Å². The summed E-state index contributed by atoms with van der Waals surface area (Å²) in [6.45, 7) is 5.39. The first-order chi connectivity index (χ1) is 13.1. The van der Waals surface area contributed by atoms with Crippen LogP contribution in [0.1, 0.15) is 24.1 Å². The van der Waals surface area contributed by atoms with Gasteiger partial charge in [-0.1, -0.05) is 18.2 Å². The maximum atomic E-state index is 12.8.